The number of carboxylic acids is 1. The summed E-state index contributed by atoms with van der Waals surface area (Å²) < 4.78 is 4.95. The van der Waals surface area contributed by atoms with Crippen molar-refractivity contribution in [2.24, 2.45) is 0 Å². The highest BCUT2D eigenvalue weighted by atomic mass is 16.5. The van der Waals surface area contributed by atoms with Gasteiger partial charge in [-0.15, -0.1) is 0 Å². The van der Waals surface area contributed by atoms with Gasteiger partial charge in [-0.3, -0.25) is 4.79 Å². The maximum Gasteiger partial charge on any atom is 0.328 e. The lowest BCUT2D eigenvalue weighted by molar-refractivity contribution is -0.163. The van der Waals surface area contributed by atoms with Crippen LogP contribution in [0.5, 0.6) is 0 Å². The summed E-state index contributed by atoms with van der Waals surface area (Å²) in [5.74, 6) is -1.32. The number of rotatable bonds is 3. The van der Waals surface area contributed by atoms with E-state index in [2.05, 4.69) is 0 Å². The third-order valence-electron chi connectivity index (χ3n) is 2.68. The van der Waals surface area contributed by atoms with Gasteiger partial charge in [0.25, 0.3) is 0 Å². The molecule has 1 atom stereocenters. The normalized spacial score (nSPS) is 20.4. The van der Waals surface area contributed by atoms with Gasteiger partial charge in [0.05, 0.1) is 6.61 Å². The van der Waals surface area contributed by atoms with Gasteiger partial charge >= 0.3 is 5.97 Å². The van der Waals surface area contributed by atoms with E-state index in [1.54, 1.807) is 0 Å². The van der Waals surface area contributed by atoms with Gasteiger partial charge < -0.3 is 14.7 Å². The Kier molecular flexibility index (Phi) is 3.39. The molecule has 1 aromatic carbocycles. The molecule has 5 heteroatoms. The molecule has 1 fully saturated rings. The van der Waals surface area contributed by atoms with Gasteiger partial charge in [0.15, 0.2) is 6.04 Å². The van der Waals surface area contributed by atoms with Gasteiger partial charge in [-0.05, 0) is 5.56 Å². The Balaban J connectivity index is 2.15. The molecule has 2 rings (SSSR count). The molecule has 0 aliphatic carbocycles. The van der Waals surface area contributed by atoms with Crippen molar-refractivity contribution in [2.45, 2.75) is 12.6 Å². The summed E-state index contributed by atoms with van der Waals surface area (Å²) in [7, 11) is 0. The molecule has 0 bridgehead atoms. The number of carboxylic acid groups (broad SMARTS) is 1. The number of benzene rings is 1. The van der Waals surface area contributed by atoms with Gasteiger partial charge in [-0.25, -0.2) is 4.79 Å². The third-order valence-corrected chi connectivity index (χ3v) is 2.68. The van der Waals surface area contributed by atoms with Crippen molar-refractivity contribution in [1.29, 1.82) is 0 Å². The van der Waals surface area contributed by atoms with Crippen molar-refractivity contribution in [3.05, 3.63) is 35.9 Å². The monoisotopic (exact) mass is 235 g/mol. The number of aliphatic carboxylic acids is 1. The number of ether oxygens (including phenoxy) is 1. The Morgan fingerprint density at radius 3 is 2.76 bits per heavy atom. The van der Waals surface area contributed by atoms with E-state index in [9.17, 15) is 9.59 Å². The summed E-state index contributed by atoms with van der Waals surface area (Å²) in [6.45, 7) is 0.310. The Morgan fingerprint density at radius 2 is 2.12 bits per heavy atom. The molecule has 0 spiro atoms. The van der Waals surface area contributed by atoms with Crippen LogP contribution >= 0.6 is 0 Å². The second-order valence-corrected chi connectivity index (χ2v) is 3.88. The topological polar surface area (TPSA) is 66.8 Å². The summed E-state index contributed by atoms with van der Waals surface area (Å²) in [4.78, 5) is 24.0. The lowest BCUT2D eigenvalue weighted by Crippen LogP contribution is -2.52. The first kappa shape index (κ1) is 11.6. The molecule has 0 saturated carbocycles. The SMILES string of the molecule is O=C(O)[C@@H]1COCC(=O)N1Cc1ccccc1. The minimum atomic E-state index is -1.03. The standard InChI is InChI=1S/C12H13NO4/c14-11-8-17-7-10(12(15)16)13(11)6-9-4-2-1-3-5-9/h1-5,10H,6-8H2,(H,15,16)/t10-/m0/s1. The minimum absolute atomic E-state index is 0.0450. The van der Waals surface area contributed by atoms with E-state index < -0.39 is 12.0 Å². The highest BCUT2D eigenvalue weighted by molar-refractivity contribution is 5.85. The molecule has 0 aromatic heterocycles. The first-order valence-electron chi connectivity index (χ1n) is 5.32. The molecule has 1 aliphatic heterocycles. The first-order chi connectivity index (χ1) is 8.18. The maximum absolute atomic E-state index is 11.7. The predicted molar refractivity (Wildman–Crippen MR) is 59.2 cm³/mol. The number of amides is 1. The predicted octanol–water partition coefficient (Wildman–Crippen LogP) is 0.499. The van der Waals surface area contributed by atoms with Crippen LogP contribution in [0.4, 0.5) is 0 Å². The van der Waals surface area contributed by atoms with E-state index in [1.165, 1.54) is 4.90 Å². The van der Waals surface area contributed by atoms with E-state index in [0.29, 0.717) is 6.54 Å². The van der Waals surface area contributed by atoms with E-state index >= 15 is 0 Å². The fourth-order valence-electron chi connectivity index (χ4n) is 1.79. The van der Waals surface area contributed by atoms with E-state index in [4.69, 9.17) is 9.84 Å². The van der Waals surface area contributed by atoms with Crippen LogP contribution in [0.2, 0.25) is 0 Å². The molecule has 1 saturated heterocycles. The number of hydrogen-bond acceptors (Lipinski definition) is 3. The molecule has 5 nitrogen and oxygen atoms in total. The Hall–Kier alpha value is -1.88. The Bertz CT molecular complexity index is 418. The van der Waals surface area contributed by atoms with E-state index in [-0.39, 0.29) is 19.1 Å². The molecular formula is C12H13NO4. The van der Waals surface area contributed by atoms with Gasteiger partial charge in [0.1, 0.15) is 6.61 Å². The molecule has 1 amide bonds. The van der Waals surface area contributed by atoms with Crippen LogP contribution in [-0.2, 0) is 20.9 Å². The van der Waals surface area contributed by atoms with Gasteiger partial charge in [-0.1, -0.05) is 30.3 Å². The van der Waals surface area contributed by atoms with Crippen molar-refractivity contribution < 1.29 is 19.4 Å². The summed E-state index contributed by atoms with van der Waals surface area (Å²) in [5, 5.41) is 9.03. The largest absolute Gasteiger partial charge is 0.480 e. The van der Waals surface area contributed by atoms with Gasteiger partial charge in [0.2, 0.25) is 5.91 Å². The molecule has 17 heavy (non-hydrogen) atoms. The first-order valence-corrected chi connectivity index (χ1v) is 5.32. The number of morpholine rings is 1. The van der Waals surface area contributed by atoms with Crippen LogP contribution < -0.4 is 0 Å². The zero-order chi connectivity index (χ0) is 12.3. The Morgan fingerprint density at radius 1 is 1.41 bits per heavy atom. The van der Waals surface area contributed by atoms with Crippen LogP contribution in [0.1, 0.15) is 5.56 Å². The summed E-state index contributed by atoms with van der Waals surface area (Å²) >= 11 is 0. The van der Waals surface area contributed by atoms with Crippen molar-refractivity contribution in [3.63, 3.8) is 0 Å². The zero-order valence-corrected chi connectivity index (χ0v) is 9.20. The maximum atomic E-state index is 11.7. The number of hydrogen-bond donors (Lipinski definition) is 1. The molecule has 1 N–H and O–H groups in total. The summed E-state index contributed by atoms with van der Waals surface area (Å²) in [6.07, 6.45) is 0. The second kappa shape index (κ2) is 4.97. The summed E-state index contributed by atoms with van der Waals surface area (Å²) in [6, 6.07) is 8.42. The molecule has 0 unspecified atom stereocenters. The smallest absolute Gasteiger partial charge is 0.328 e. The second-order valence-electron chi connectivity index (χ2n) is 3.88. The molecule has 0 radical (unpaired) electrons. The average Bonchev–Trinajstić information content (AvgIpc) is 2.33. The van der Waals surface area contributed by atoms with Gasteiger partial charge in [-0.2, -0.15) is 0 Å². The zero-order valence-electron chi connectivity index (χ0n) is 9.20. The third kappa shape index (κ3) is 2.62. The van der Waals surface area contributed by atoms with Crippen molar-refractivity contribution in [3.8, 4) is 0 Å². The molecule has 1 heterocycles. The van der Waals surface area contributed by atoms with E-state index in [0.717, 1.165) is 5.56 Å². The quantitative estimate of drug-likeness (QED) is 0.828. The van der Waals surface area contributed by atoms with Crippen LogP contribution in [-0.4, -0.2) is 41.1 Å². The molecule has 1 aromatic rings. The van der Waals surface area contributed by atoms with Gasteiger partial charge in [0, 0.05) is 6.54 Å². The van der Waals surface area contributed by atoms with Crippen LogP contribution in [0.15, 0.2) is 30.3 Å². The molecule has 90 valence electrons. The molecular weight excluding hydrogens is 222 g/mol. The number of carbonyl (C=O) groups is 2. The van der Waals surface area contributed by atoms with Crippen molar-refractivity contribution in [2.75, 3.05) is 13.2 Å². The lowest BCUT2D eigenvalue weighted by atomic mass is 10.1. The number of carbonyl (C=O) groups excluding carboxylic acids is 1. The fraction of sp³-hybridized carbons (Fsp3) is 0.333. The summed E-state index contributed by atoms with van der Waals surface area (Å²) in [5.41, 5.74) is 0.911. The van der Waals surface area contributed by atoms with Crippen LogP contribution in [0.3, 0.4) is 0 Å². The highest BCUT2D eigenvalue weighted by Gasteiger charge is 2.33. The van der Waals surface area contributed by atoms with Crippen LogP contribution in [0.25, 0.3) is 0 Å². The fourth-order valence-corrected chi connectivity index (χ4v) is 1.79. The minimum Gasteiger partial charge on any atom is -0.480 e. The highest BCUT2D eigenvalue weighted by Crippen LogP contribution is 2.13. The van der Waals surface area contributed by atoms with Crippen molar-refractivity contribution >= 4 is 11.9 Å². The lowest BCUT2D eigenvalue weighted by Gasteiger charge is -2.32. The Labute approximate surface area is 98.6 Å². The molecule has 1 aliphatic rings. The van der Waals surface area contributed by atoms with Crippen LogP contribution in [0, 0.1) is 0 Å². The average molecular weight is 235 g/mol. The van der Waals surface area contributed by atoms with E-state index in [1.807, 2.05) is 30.3 Å². The number of nitrogens with zero attached hydrogens (tertiary/aromatic N) is 1. The van der Waals surface area contributed by atoms with Crippen molar-refractivity contribution in [1.82, 2.24) is 4.90 Å².